The zero-order valence-electron chi connectivity index (χ0n) is 26.8. The number of benzene rings is 6. The summed E-state index contributed by atoms with van der Waals surface area (Å²) in [5.74, 6) is 0.289. The minimum absolute atomic E-state index is 0.0754. The first kappa shape index (κ1) is 27.1. The van der Waals surface area contributed by atoms with E-state index < -0.39 is 0 Å². The number of para-hydroxylation sites is 1. The van der Waals surface area contributed by atoms with Gasteiger partial charge in [0.05, 0.1) is 12.1 Å². The van der Waals surface area contributed by atoms with E-state index in [4.69, 9.17) is 0 Å². The maximum Gasteiger partial charge on any atom is 0.104 e. The predicted octanol–water partition coefficient (Wildman–Crippen LogP) is 10.6. The van der Waals surface area contributed by atoms with E-state index in [-0.39, 0.29) is 24.2 Å². The van der Waals surface area contributed by atoms with Crippen molar-refractivity contribution < 1.29 is 0 Å². The lowest BCUT2D eigenvalue weighted by atomic mass is 9.83. The molecule has 2 heterocycles. The molecule has 5 aliphatic rings. The summed E-state index contributed by atoms with van der Waals surface area (Å²) in [7, 11) is 0. The third-order valence-corrected chi connectivity index (χ3v) is 11.2. The summed E-state index contributed by atoms with van der Waals surface area (Å²) in [5, 5.41) is 10.6. The van der Waals surface area contributed by atoms with Gasteiger partial charge in [0.2, 0.25) is 0 Å². The standard InChI is InChI=1S/C46H33N3/c1-2-12-30(13-3-1)49-42-27-29(22-23-34(42)39-24-21-28-11-4-5-14-31(28)45(39)49)46-47-41-20-9-8-17-40(41)44(48-46)38-26-25-37-33-16-7-6-15-32(33)35-18-10-19-36(38)43(35)37/h1-27,39,41,45-48H. The lowest BCUT2D eigenvalue weighted by Crippen LogP contribution is -2.45. The number of anilines is 2. The van der Waals surface area contributed by atoms with Crippen LogP contribution in [-0.2, 0) is 0 Å². The average molecular weight is 628 g/mol. The van der Waals surface area contributed by atoms with Gasteiger partial charge in [-0.25, -0.2) is 0 Å². The van der Waals surface area contributed by atoms with E-state index in [1.165, 1.54) is 83.5 Å². The van der Waals surface area contributed by atoms with Crippen LogP contribution in [0.1, 0.15) is 45.9 Å². The fraction of sp³-hybridized carbons (Fsp3) is 0.0870. The molecule has 11 rings (SSSR count). The summed E-state index contributed by atoms with van der Waals surface area (Å²) in [4.78, 5) is 2.57. The summed E-state index contributed by atoms with van der Waals surface area (Å²) in [6.07, 6.45) is 13.5. The van der Waals surface area contributed by atoms with Crippen LogP contribution in [0.15, 0.2) is 163 Å². The molecule has 2 N–H and O–H groups in total. The van der Waals surface area contributed by atoms with Gasteiger partial charge in [-0.2, -0.15) is 0 Å². The molecule has 2 aliphatic heterocycles. The van der Waals surface area contributed by atoms with Crippen molar-refractivity contribution in [1.82, 2.24) is 10.6 Å². The zero-order chi connectivity index (χ0) is 32.1. The number of nitrogens with one attached hydrogen (secondary N) is 2. The van der Waals surface area contributed by atoms with Crippen molar-refractivity contribution in [3.63, 3.8) is 0 Å². The Morgan fingerprint density at radius 1 is 0.571 bits per heavy atom. The van der Waals surface area contributed by atoms with E-state index in [9.17, 15) is 0 Å². The second kappa shape index (κ2) is 10.3. The van der Waals surface area contributed by atoms with Crippen molar-refractivity contribution in [2.75, 3.05) is 4.90 Å². The normalized spacial score (nSPS) is 22.0. The van der Waals surface area contributed by atoms with Gasteiger partial charge in [-0.05, 0) is 79.1 Å². The Labute approximate surface area is 286 Å². The highest BCUT2D eigenvalue weighted by Crippen LogP contribution is 2.56. The van der Waals surface area contributed by atoms with Gasteiger partial charge in [0, 0.05) is 28.6 Å². The molecule has 4 unspecified atom stereocenters. The number of allylic oxidation sites excluding steroid dienone is 2. The quantitative estimate of drug-likeness (QED) is 0.204. The van der Waals surface area contributed by atoms with Crippen LogP contribution in [0.3, 0.4) is 0 Å². The molecule has 6 aromatic rings. The summed E-state index contributed by atoms with van der Waals surface area (Å²) in [6, 6.07) is 47.5. The molecule has 3 aliphatic carbocycles. The predicted molar refractivity (Wildman–Crippen MR) is 202 cm³/mol. The lowest BCUT2D eigenvalue weighted by Gasteiger charge is -2.37. The Morgan fingerprint density at radius 2 is 1.35 bits per heavy atom. The second-order valence-electron chi connectivity index (χ2n) is 13.7. The van der Waals surface area contributed by atoms with E-state index >= 15 is 0 Å². The van der Waals surface area contributed by atoms with Crippen molar-refractivity contribution in [3.8, 4) is 22.3 Å². The number of hydrogen-bond acceptors (Lipinski definition) is 3. The second-order valence-corrected chi connectivity index (χ2v) is 13.7. The molecule has 0 fully saturated rings. The third kappa shape index (κ3) is 3.88. The van der Waals surface area contributed by atoms with Gasteiger partial charge in [0.15, 0.2) is 0 Å². The van der Waals surface area contributed by atoms with Gasteiger partial charge in [-0.15, -0.1) is 0 Å². The summed E-state index contributed by atoms with van der Waals surface area (Å²) in [6.45, 7) is 0. The van der Waals surface area contributed by atoms with Crippen molar-refractivity contribution >= 4 is 33.9 Å². The number of fused-ring (bicyclic) bond motifs is 9. The van der Waals surface area contributed by atoms with Crippen LogP contribution < -0.4 is 15.5 Å². The van der Waals surface area contributed by atoms with Crippen LogP contribution in [-0.4, -0.2) is 6.04 Å². The molecule has 4 atom stereocenters. The topological polar surface area (TPSA) is 27.3 Å². The van der Waals surface area contributed by atoms with Crippen LogP contribution in [0.5, 0.6) is 0 Å². The molecule has 3 nitrogen and oxygen atoms in total. The Kier molecular flexibility index (Phi) is 5.69. The first-order valence-electron chi connectivity index (χ1n) is 17.3. The Hall–Kier alpha value is -5.90. The van der Waals surface area contributed by atoms with Crippen LogP contribution in [0.25, 0.3) is 44.8 Å². The molecule has 232 valence electrons. The van der Waals surface area contributed by atoms with Gasteiger partial charge in [-0.1, -0.05) is 146 Å². The highest BCUT2D eigenvalue weighted by atomic mass is 15.2. The largest absolute Gasteiger partial charge is 0.365 e. The van der Waals surface area contributed by atoms with Gasteiger partial charge in [0.1, 0.15) is 6.17 Å². The highest BCUT2D eigenvalue weighted by Gasteiger charge is 2.42. The number of rotatable bonds is 3. The van der Waals surface area contributed by atoms with E-state index in [1.54, 1.807) is 0 Å². The Balaban J connectivity index is 1.04. The van der Waals surface area contributed by atoms with Crippen LogP contribution in [0.4, 0.5) is 11.4 Å². The summed E-state index contributed by atoms with van der Waals surface area (Å²) < 4.78 is 0. The molecule has 0 amide bonds. The molecule has 0 spiro atoms. The molecular formula is C46H33N3. The minimum Gasteiger partial charge on any atom is -0.365 e. The maximum atomic E-state index is 4.03. The molecule has 0 radical (unpaired) electrons. The highest BCUT2D eigenvalue weighted by molar-refractivity contribution is 6.17. The van der Waals surface area contributed by atoms with Crippen molar-refractivity contribution in [2.24, 2.45) is 0 Å². The lowest BCUT2D eigenvalue weighted by molar-refractivity contribution is 0.460. The monoisotopic (exact) mass is 627 g/mol. The minimum atomic E-state index is -0.0754. The van der Waals surface area contributed by atoms with Crippen LogP contribution in [0, 0.1) is 0 Å². The van der Waals surface area contributed by atoms with E-state index in [0.29, 0.717) is 0 Å². The summed E-state index contributed by atoms with van der Waals surface area (Å²) in [5.41, 5.74) is 16.8. The SMILES string of the molecule is C1=CC2=C(c3ccc4c5c(cccc35)-c3ccccc3-4)NC(c3ccc4c(c3)N(c3ccccc3)C3c5ccccc5C=CC43)NC2C=C1. The van der Waals surface area contributed by atoms with Gasteiger partial charge in [-0.3, -0.25) is 5.32 Å². The Bertz CT molecular complexity index is 2450. The summed E-state index contributed by atoms with van der Waals surface area (Å²) >= 11 is 0. The maximum absolute atomic E-state index is 4.03. The van der Waals surface area contributed by atoms with Crippen LogP contribution in [0.2, 0.25) is 0 Å². The molecule has 0 saturated heterocycles. The molecule has 3 heteroatoms. The van der Waals surface area contributed by atoms with Crippen LogP contribution >= 0.6 is 0 Å². The molecule has 0 saturated carbocycles. The average Bonchev–Trinajstić information content (AvgIpc) is 3.69. The molecule has 0 aromatic heterocycles. The first-order valence-corrected chi connectivity index (χ1v) is 17.3. The van der Waals surface area contributed by atoms with Gasteiger partial charge < -0.3 is 10.2 Å². The smallest absolute Gasteiger partial charge is 0.104 e. The van der Waals surface area contributed by atoms with E-state index in [2.05, 4.69) is 179 Å². The number of nitrogens with zero attached hydrogens (tertiary/aromatic N) is 1. The van der Waals surface area contributed by atoms with Crippen molar-refractivity contribution in [2.45, 2.75) is 24.2 Å². The fourth-order valence-electron chi connectivity index (χ4n) is 9.09. The first-order chi connectivity index (χ1) is 24.3. The molecule has 6 aromatic carbocycles. The van der Waals surface area contributed by atoms with Crippen molar-refractivity contribution in [1.29, 1.82) is 0 Å². The van der Waals surface area contributed by atoms with Gasteiger partial charge >= 0.3 is 0 Å². The van der Waals surface area contributed by atoms with E-state index in [1.807, 2.05) is 0 Å². The molecular weight excluding hydrogens is 595 g/mol. The van der Waals surface area contributed by atoms with E-state index in [0.717, 1.165) is 0 Å². The fourth-order valence-corrected chi connectivity index (χ4v) is 9.09. The Morgan fingerprint density at radius 3 is 2.24 bits per heavy atom. The zero-order valence-corrected chi connectivity index (χ0v) is 26.8. The number of hydrogen-bond donors (Lipinski definition) is 2. The van der Waals surface area contributed by atoms with Gasteiger partial charge in [0.25, 0.3) is 0 Å². The van der Waals surface area contributed by atoms with Crippen molar-refractivity contribution in [3.05, 3.63) is 191 Å². The third-order valence-electron chi connectivity index (χ3n) is 11.2. The molecule has 49 heavy (non-hydrogen) atoms. The molecule has 0 bridgehead atoms.